The maximum absolute atomic E-state index is 11.7. The molecule has 6 nitrogen and oxygen atoms in total. The second-order valence-electron chi connectivity index (χ2n) is 4.38. The third-order valence-electron chi connectivity index (χ3n) is 2.83. The molecule has 0 aliphatic carbocycles. The standard InChI is InChI=1S/C15H15N3O3/c19-13-6-2-1-5-12(13)15(21)18-17-14(20)8-7-11-4-3-9-16-10-11/h1-6,9-10,19H,7-8H2,(H,17,20)(H,18,21). The van der Waals surface area contributed by atoms with E-state index < -0.39 is 5.91 Å². The Bertz CT molecular complexity index is 629. The molecular weight excluding hydrogens is 270 g/mol. The third kappa shape index (κ3) is 4.31. The van der Waals surface area contributed by atoms with Crippen molar-refractivity contribution in [1.29, 1.82) is 0 Å². The fourth-order valence-corrected chi connectivity index (χ4v) is 1.73. The molecule has 1 heterocycles. The number of carbonyl (C=O) groups is 2. The van der Waals surface area contributed by atoms with Gasteiger partial charge < -0.3 is 5.11 Å². The molecule has 3 N–H and O–H groups in total. The van der Waals surface area contributed by atoms with Crippen LogP contribution in [0.5, 0.6) is 5.75 Å². The van der Waals surface area contributed by atoms with Crippen LogP contribution in [0.3, 0.4) is 0 Å². The van der Waals surface area contributed by atoms with Crippen LogP contribution in [0.4, 0.5) is 0 Å². The lowest BCUT2D eigenvalue weighted by Crippen LogP contribution is -2.41. The largest absolute Gasteiger partial charge is 0.507 e. The van der Waals surface area contributed by atoms with E-state index in [0.717, 1.165) is 5.56 Å². The Labute approximate surface area is 121 Å². The van der Waals surface area contributed by atoms with Crippen molar-refractivity contribution >= 4 is 11.8 Å². The van der Waals surface area contributed by atoms with Gasteiger partial charge in [0.15, 0.2) is 0 Å². The first-order valence-corrected chi connectivity index (χ1v) is 6.43. The molecule has 108 valence electrons. The van der Waals surface area contributed by atoms with E-state index in [-0.39, 0.29) is 23.6 Å². The lowest BCUT2D eigenvalue weighted by atomic mass is 10.1. The Morgan fingerprint density at radius 3 is 2.62 bits per heavy atom. The molecule has 0 aliphatic heterocycles. The number of hydrazine groups is 1. The van der Waals surface area contributed by atoms with Gasteiger partial charge >= 0.3 is 0 Å². The van der Waals surface area contributed by atoms with E-state index in [4.69, 9.17) is 0 Å². The molecule has 0 bridgehead atoms. The molecule has 2 amide bonds. The summed E-state index contributed by atoms with van der Waals surface area (Å²) < 4.78 is 0. The summed E-state index contributed by atoms with van der Waals surface area (Å²) >= 11 is 0. The average molecular weight is 285 g/mol. The maximum Gasteiger partial charge on any atom is 0.273 e. The number of para-hydroxylation sites is 1. The minimum atomic E-state index is -0.567. The summed E-state index contributed by atoms with van der Waals surface area (Å²) in [6, 6.07) is 9.77. The summed E-state index contributed by atoms with van der Waals surface area (Å²) in [5.74, 6) is -1.02. The zero-order chi connectivity index (χ0) is 15.1. The zero-order valence-electron chi connectivity index (χ0n) is 11.2. The number of nitrogens with zero attached hydrogens (tertiary/aromatic N) is 1. The van der Waals surface area contributed by atoms with Crippen LogP contribution in [0.25, 0.3) is 0 Å². The zero-order valence-corrected chi connectivity index (χ0v) is 11.2. The van der Waals surface area contributed by atoms with Gasteiger partial charge in [-0.05, 0) is 30.2 Å². The van der Waals surface area contributed by atoms with Crippen LogP contribution in [0.2, 0.25) is 0 Å². The molecule has 2 rings (SSSR count). The smallest absolute Gasteiger partial charge is 0.273 e. The van der Waals surface area contributed by atoms with Gasteiger partial charge in [-0.2, -0.15) is 0 Å². The summed E-state index contributed by atoms with van der Waals surface area (Å²) in [5.41, 5.74) is 5.62. The normalized spacial score (nSPS) is 9.90. The highest BCUT2D eigenvalue weighted by atomic mass is 16.3. The Morgan fingerprint density at radius 2 is 1.90 bits per heavy atom. The molecule has 0 radical (unpaired) electrons. The molecule has 0 saturated carbocycles. The molecule has 0 fully saturated rings. The summed E-state index contributed by atoms with van der Waals surface area (Å²) in [6.07, 6.45) is 4.11. The molecule has 2 aromatic rings. The van der Waals surface area contributed by atoms with E-state index in [1.165, 1.54) is 12.1 Å². The highest BCUT2D eigenvalue weighted by Gasteiger charge is 2.10. The van der Waals surface area contributed by atoms with Crippen LogP contribution in [-0.2, 0) is 11.2 Å². The molecule has 0 spiro atoms. The number of phenolic OH excluding ortho intramolecular Hbond substituents is 1. The number of hydrogen-bond donors (Lipinski definition) is 3. The average Bonchev–Trinajstić information content (AvgIpc) is 2.52. The van der Waals surface area contributed by atoms with Crippen molar-refractivity contribution in [1.82, 2.24) is 15.8 Å². The Kier molecular flexibility index (Phi) is 4.87. The van der Waals surface area contributed by atoms with Gasteiger partial charge in [0.05, 0.1) is 5.56 Å². The van der Waals surface area contributed by atoms with Crippen molar-refractivity contribution in [3.8, 4) is 5.75 Å². The van der Waals surface area contributed by atoms with E-state index in [0.29, 0.717) is 6.42 Å². The van der Waals surface area contributed by atoms with Crippen LogP contribution in [0.15, 0.2) is 48.8 Å². The van der Waals surface area contributed by atoms with Crippen molar-refractivity contribution in [3.05, 3.63) is 59.9 Å². The molecule has 21 heavy (non-hydrogen) atoms. The van der Waals surface area contributed by atoms with Gasteiger partial charge in [0.1, 0.15) is 5.75 Å². The molecule has 0 saturated heterocycles. The Morgan fingerprint density at radius 1 is 1.10 bits per heavy atom. The summed E-state index contributed by atoms with van der Waals surface area (Å²) in [5, 5.41) is 9.52. The predicted molar refractivity (Wildman–Crippen MR) is 76.3 cm³/mol. The highest BCUT2D eigenvalue weighted by Crippen LogP contribution is 2.14. The molecule has 6 heteroatoms. The number of phenols is 1. The second-order valence-corrected chi connectivity index (χ2v) is 4.38. The van der Waals surface area contributed by atoms with Gasteiger partial charge in [0.25, 0.3) is 5.91 Å². The number of amides is 2. The number of aryl methyl sites for hydroxylation is 1. The first-order chi connectivity index (χ1) is 10.2. The van der Waals surface area contributed by atoms with Gasteiger partial charge in [-0.3, -0.25) is 25.4 Å². The van der Waals surface area contributed by atoms with Crippen LogP contribution in [-0.4, -0.2) is 21.9 Å². The van der Waals surface area contributed by atoms with Gasteiger partial charge in [0.2, 0.25) is 5.91 Å². The van der Waals surface area contributed by atoms with Crippen LogP contribution in [0.1, 0.15) is 22.3 Å². The topological polar surface area (TPSA) is 91.3 Å². The number of aromatic hydroxyl groups is 1. The minimum Gasteiger partial charge on any atom is -0.507 e. The predicted octanol–water partition coefficient (Wildman–Crippen LogP) is 1.18. The van der Waals surface area contributed by atoms with E-state index in [1.807, 2.05) is 6.07 Å². The SMILES string of the molecule is O=C(CCc1cccnc1)NNC(=O)c1ccccc1O. The Hall–Kier alpha value is -2.89. The maximum atomic E-state index is 11.7. The second kappa shape index (κ2) is 7.04. The quantitative estimate of drug-likeness (QED) is 0.736. The number of aromatic nitrogens is 1. The molecule has 0 unspecified atom stereocenters. The number of benzene rings is 1. The number of nitrogens with one attached hydrogen (secondary N) is 2. The van der Waals surface area contributed by atoms with E-state index in [2.05, 4.69) is 15.8 Å². The van der Waals surface area contributed by atoms with E-state index in [1.54, 1.807) is 30.6 Å². The van der Waals surface area contributed by atoms with Gasteiger partial charge in [-0.25, -0.2) is 0 Å². The Balaban J connectivity index is 1.79. The first kappa shape index (κ1) is 14.5. The highest BCUT2D eigenvalue weighted by molar-refractivity contribution is 5.97. The molecule has 1 aromatic carbocycles. The van der Waals surface area contributed by atoms with Crippen molar-refractivity contribution in [2.75, 3.05) is 0 Å². The lowest BCUT2D eigenvalue weighted by molar-refractivity contribution is -0.121. The van der Waals surface area contributed by atoms with Crippen molar-refractivity contribution in [2.45, 2.75) is 12.8 Å². The van der Waals surface area contributed by atoms with Gasteiger partial charge in [-0.1, -0.05) is 18.2 Å². The summed E-state index contributed by atoms with van der Waals surface area (Å²) in [4.78, 5) is 27.3. The van der Waals surface area contributed by atoms with Crippen LogP contribution in [0, 0.1) is 0 Å². The third-order valence-corrected chi connectivity index (χ3v) is 2.83. The number of pyridine rings is 1. The van der Waals surface area contributed by atoms with Crippen molar-refractivity contribution < 1.29 is 14.7 Å². The fourth-order valence-electron chi connectivity index (χ4n) is 1.73. The number of rotatable bonds is 4. The lowest BCUT2D eigenvalue weighted by Gasteiger charge is -2.08. The molecule has 0 atom stereocenters. The molecule has 0 aliphatic rings. The summed E-state index contributed by atoms with van der Waals surface area (Å²) in [6.45, 7) is 0. The number of hydrogen-bond acceptors (Lipinski definition) is 4. The first-order valence-electron chi connectivity index (χ1n) is 6.43. The monoisotopic (exact) mass is 285 g/mol. The van der Waals surface area contributed by atoms with Crippen molar-refractivity contribution in [2.24, 2.45) is 0 Å². The fraction of sp³-hybridized carbons (Fsp3) is 0.133. The van der Waals surface area contributed by atoms with Crippen LogP contribution >= 0.6 is 0 Å². The number of carbonyl (C=O) groups excluding carboxylic acids is 2. The van der Waals surface area contributed by atoms with Gasteiger partial charge in [-0.15, -0.1) is 0 Å². The van der Waals surface area contributed by atoms with Crippen molar-refractivity contribution in [3.63, 3.8) is 0 Å². The molecular formula is C15H15N3O3. The molecule has 1 aromatic heterocycles. The van der Waals surface area contributed by atoms with Crippen LogP contribution < -0.4 is 10.9 Å². The summed E-state index contributed by atoms with van der Waals surface area (Å²) in [7, 11) is 0. The van der Waals surface area contributed by atoms with E-state index >= 15 is 0 Å². The van der Waals surface area contributed by atoms with Gasteiger partial charge in [0, 0.05) is 18.8 Å². The van der Waals surface area contributed by atoms with E-state index in [9.17, 15) is 14.7 Å². The minimum absolute atomic E-state index is 0.102.